The van der Waals surface area contributed by atoms with Crippen LogP contribution in [-0.4, -0.2) is 70.6 Å². The lowest BCUT2D eigenvalue weighted by molar-refractivity contribution is -0.184. The quantitative estimate of drug-likeness (QED) is 0.0998. The summed E-state index contributed by atoms with van der Waals surface area (Å²) in [5.74, 6) is -0.973. The van der Waals surface area contributed by atoms with Gasteiger partial charge in [-0.3, -0.25) is 9.59 Å². The van der Waals surface area contributed by atoms with Crippen LogP contribution in [0.3, 0.4) is 0 Å². The molecule has 300 valence electrons. The molecule has 0 N–H and O–H groups in total. The van der Waals surface area contributed by atoms with Crippen LogP contribution in [0.5, 0.6) is 0 Å². The number of carbonyl (C=O) groups excluding carboxylic acids is 4. The molecule has 0 aliphatic heterocycles. The zero-order chi connectivity index (χ0) is 36.9. The van der Waals surface area contributed by atoms with Crippen molar-refractivity contribution in [3.8, 4) is 0 Å². The maximum absolute atomic E-state index is 15.7. The van der Waals surface area contributed by atoms with Crippen molar-refractivity contribution in [3.05, 3.63) is 0 Å². The third-order valence-electron chi connectivity index (χ3n) is 13.5. The number of hydrogen-bond acceptors (Lipinski definition) is 9. The van der Waals surface area contributed by atoms with Gasteiger partial charge < -0.3 is 28.5 Å². The molecule has 6 aliphatic rings. The van der Waals surface area contributed by atoms with Crippen LogP contribution in [0.15, 0.2) is 0 Å². The second kappa shape index (κ2) is 20.9. The summed E-state index contributed by atoms with van der Waals surface area (Å²) < 4.78 is 28.3. The van der Waals surface area contributed by atoms with Crippen molar-refractivity contribution in [2.45, 2.75) is 239 Å². The van der Waals surface area contributed by atoms with E-state index in [-0.39, 0.29) is 47.8 Å². The molecule has 6 rings (SSSR count). The van der Waals surface area contributed by atoms with Crippen LogP contribution in [0.4, 0.5) is 0 Å². The molecule has 6 saturated carbocycles. The van der Waals surface area contributed by atoms with Crippen molar-refractivity contribution in [3.63, 3.8) is 0 Å². The number of hydrogen-bond donors (Lipinski definition) is 0. The molecule has 53 heavy (non-hydrogen) atoms. The van der Waals surface area contributed by atoms with Crippen LogP contribution < -0.4 is 0 Å². The molecule has 8 nitrogen and oxygen atoms in total. The van der Waals surface area contributed by atoms with Gasteiger partial charge in [-0.2, -0.15) is 0 Å². The second-order valence-electron chi connectivity index (χ2n) is 17.5. The molecule has 0 aromatic carbocycles. The number of thioether (sulfide) groups is 1. The molecule has 9 heteroatoms. The average Bonchev–Trinajstić information content (AvgIpc) is 3.23. The lowest BCUT2D eigenvalue weighted by atomic mass is 9.82. The van der Waals surface area contributed by atoms with Crippen molar-refractivity contribution in [2.75, 3.05) is 0 Å². The van der Waals surface area contributed by atoms with Gasteiger partial charge in [0.15, 0.2) is 36.3 Å². The van der Waals surface area contributed by atoms with Crippen LogP contribution in [0.1, 0.15) is 193 Å². The molecule has 0 spiro atoms. The van der Waals surface area contributed by atoms with Gasteiger partial charge in [-0.05, 0) is 77.0 Å². The Morgan fingerprint density at radius 2 is 0.679 bits per heavy atom. The molecule has 0 radical (unpaired) electrons. The lowest BCUT2D eigenvalue weighted by Gasteiger charge is -2.50. The van der Waals surface area contributed by atoms with E-state index in [1.54, 1.807) is 0 Å². The van der Waals surface area contributed by atoms with Gasteiger partial charge in [0.25, 0.3) is 0 Å². The van der Waals surface area contributed by atoms with E-state index < -0.39 is 22.1 Å². The van der Waals surface area contributed by atoms with E-state index in [4.69, 9.17) is 18.9 Å². The first kappa shape index (κ1) is 41.5. The first-order valence-corrected chi connectivity index (χ1v) is 23.1. The third kappa shape index (κ3) is 10.6. The minimum absolute atomic E-state index is 0.156. The summed E-state index contributed by atoms with van der Waals surface area (Å²) in [7, 11) is 0. The number of rotatable bonds is 18. The summed E-state index contributed by atoms with van der Waals surface area (Å²) in [4.78, 5) is 55.2. The molecule has 4 atom stereocenters. The smallest absolute Gasteiger partial charge is 0.208 e. The summed E-state index contributed by atoms with van der Waals surface area (Å²) in [5, 5.41) is 0. The topological polar surface area (TPSA) is 105 Å². The van der Waals surface area contributed by atoms with Gasteiger partial charge in [0.1, 0.15) is 0 Å². The maximum atomic E-state index is 15.7. The first-order chi connectivity index (χ1) is 26.0. The highest BCUT2D eigenvalue weighted by Crippen LogP contribution is 2.53. The molecule has 4 unspecified atom stereocenters. The van der Waals surface area contributed by atoms with Crippen molar-refractivity contribution in [2.24, 2.45) is 11.8 Å². The van der Waals surface area contributed by atoms with E-state index >= 15 is 9.59 Å². The Bertz CT molecular complexity index is 1060. The fraction of sp³-hybridized carbons (Fsp3) is 0.909. The Morgan fingerprint density at radius 3 is 0.962 bits per heavy atom. The highest BCUT2D eigenvalue weighted by Gasteiger charge is 2.64. The van der Waals surface area contributed by atoms with Crippen LogP contribution in [0.2, 0.25) is 0 Å². The Balaban J connectivity index is 1.52. The van der Waals surface area contributed by atoms with Crippen molar-refractivity contribution in [1.29, 1.82) is 0 Å². The Hall–Kier alpha value is -1.13. The zero-order valence-electron chi connectivity index (χ0n) is 32.7. The minimum atomic E-state index is -1.86. The highest BCUT2D eigenvalue weighted by molar-refractivity contribution is 8.03. The molecule has 0 aromatic heterocycles. The summed E-state index contributed by atoms with van der Waals surface area (Å²) in [5.41, 5.74) is 0. The average molecular weight is 759 g/mol. The zero-order valence-corrected chi connectivity index (χ0v) is 33.5. The predicted octanol–water partition coefficient (Wildman–Crippen LogP) is 9.94. The summed E-state index contributed by atoms with van der Waals surface area (Å²) in [6.07, 6.45) is 25.7. The van der Waals surface area contributed by atoms with Gasteiger partial charge in [-0.15, -0.1) is 0 Å². The Labute approximate surface area is 324 Å². The molecule has 0 aromatic rings. The molecule has 0 bridgehead atoms. The Morgan fingerprint density at radius 1 is 0.415 bits per heavy atom. The summed E-state index contributed by atoms with van der Waals surface area (Å²) >= 11 is 1.06. The largest absolute Gasteiger partial charge is 0.363 e. The molecule has 0 amide bonds. The highest BCUT2D eigenvalue weighted by atomic mass is 32.2. The van der Waals surface area contributed by atoms with E-state index in [9.17, 15) is 9.59 Å². The van der Waals surface area contributed by atoms with Gasteiger partial charge in [-0.25, -0.2) is 0 Å². The van der Waals surface area contributed by atoms with Crippen LogP contribution in [0.25, 0.3) is 0 Å². The molecule has 6 aliphatic carbocycles. The molecule has 6 fully saturated rings. The number of ketones is 2. The van der Waals surface area contributed by atoms with Gasteiger partial charge in [0.2, 0.25) is 9.87 Å². The van der Waals surface area contributed by atoms with E-state index in [0.717, 1.165) is 191 Å². The Kier molecular flexibility index (Phi) is 16.3. The van der Waals surface area contributed by atoms with Crippen LogP contribution >= 0.6 is 11.8 Å². The SMILES string of the molecule is O=CC(OC1CCCCC1)C(OC1CCCCC1)(SC(OC1CCCCC1)(C(=O)C1CCCCC1)C(C=O)OC1CCCCC1)C(=O)C1CCCCC1. The monoisotopic (exact) mass is 758 g/mol. The molecular weight excluding hydrogens is 689 g/mol. The second-order valence-corrected chi connectivity index (χ2v) is 18.9. The fourth-order valence-corrected chi connectivity index (χ4v) is 12.2. The van der Waals surface area contributed by atoms with E-state index in [2.05, 4.69) is 0 Å². The van der Waals surface area contributed by atoms with Gasteiger partial charge in [0.05, 0.1) is 24.4 Å². The number of Topliss-reactive ketones (excluding diaryl/α,β-unsaturated/α-hetero) is 2. The number of carbonyl (C=O) groups is 4. The van der Waals surface area contributed by atoms with Gasteiger partial charge >= 0.3 is 0 Å². The minimum Gasteiger partial charge on any atom is -0.363 e. The van der Waals surface area contributed by atoms with E-state index in [0.29, 0.717) is 25.7 Å². The summed E-state index contributed by atoms with van der Waals surface area (Å²) in [6.45, 7) is 0. The number of aldehydes is 2. The fourth-order valence-electron chi connectivity index (χ4n) is 10.4. The van der Waals surface area contributed by atoms with Crippen LogP contribution in [0, 0.1) is 11.8 Å². The maximum Gasteiger partial charge on any atom is 0.208 e. The molecule has 0 saturated heterocycles. The predicted molar refractivity (Wildman–Crippen MR) is 208 cm³/mol. The number of ether oxygens (including phenoxy) is 4. The standard InChI is InChI=1S/C44H70O8S/c45-31-39(49-35-23-11-3-12-24-35)43(51-37-27-15-5-16-28-37,41(47)33-19-7-1-8-20-33)53-44(52-38-29-17-6-18-30-38,42(48)34-21-9-2-10-22-34)40(32-46)50-36-25-13-4-14-26-36/h31-40H,1-30H2. The van der Waals surface area contributed by atoms with Gasteiger partial charge in [-0.1, -0.05) is 127 Å². The first-order valence-electron chi connectivity index (χ1n) is 22.3. The third-order valence-corrected chi connectivity index (χ3v) is 15.2. The van der Waals surface area contributed by atoms with Gasteiger partial charge in [0, 0.05) is 11.8 Å². The van der Waals surface area contributed by atoms with Crippen molar-refractivity contribution in [1.82, 2.24) is 0 Å². The van der Waals surface area contributed by atoms with E-state index in [1.165, 1.54) is 0 Å². The van der Waals surface area contributed by atoms with Crippen molar-refractivity contribution < 1.29 is 38.1 Å². The lowest BCUT2D eigenvalue weighted by Crippen LogP contribution is -2.64. The molecule has 0 heterocycles. The molecular formula is C44H70O8S. The summed E-state index contributed by atoms with van der Waals surface area (Å²) in [6, 6.07) is 0. The van der Waals surface area contributed by atoms with Crippen LogP contribution in [-0.2, 0) is 38.1 Å². The van der Waals surface area contributed by atoms with Crippen molar-refractivity contribution >= 4 is 35.9 Å². The normalized spacial score (nSPS) is 27.6. The van der Waals surface area contributed by atoms with E-state index in [1.807, 2.05) is 0 Å².